The number of rotatable bonds is 26. The van der Waals surface area contributed by atoms with Crippen molar-refractivity contribution in [2.75, 3.05) is 71.3 Å². The van der Waals surface area contributed by atoms with E-state index in [0.29, 0.717) is 66.0 Å². The summed E-state index contributed by atoms with van der Waals surface area (Å²) in [5, 5.41) is 24.8. The molecule has 0 bridgehead atoms. The summed E-state index contributed by atoms with van der Waals surface area (Å²) in [7, 11) is 0. The van der Waals surface area contributed by atoms with Gasteiger partial charge in [0.05, 0.1) is 68.8 Å². The minimum absolute atomic E-state index is 0.197. The summed E-state index contributed by atoms with van der Waals surface area (Å²) < 4.78 is 27.6. The Balaban J connectivity index is 1.36. The van der Waals surface area contributed by atoms with E-state index in [0.717, 1.165) is 18.2 Å². The number of aryl methyl sites for hydroxylation is 1. The SMILES string of the molecule is CCCCCCCCc1ccc(OCCOCCOCCOCCOCCNc2ccc([N+](=O)[O-])cc2[N+](=O)[O-])cc1. The molecule has 234 valence electrons. The zero-order valence-electron chi connectivity index (χ0n) is 24.6. The van der Waals surface area contributed by atoms with E-state index >= 15 is 0 Å². The van der Waals surface area contributed by atoms with E-state index in [2.05, 4.69) is 24.4 Å². The molecule has 12 heteroatoms. The Bertz CT molecular complexity index is 1020. The molecule has 0 unspecified atom stereocenters. The number of hydrogen-bond donors (Lipinski definition) is 1. The lowest BCUT2D eigenvalue weighted by Gasteiger charge is -2.09. The highest BCUT2D eigenvalue weighted by molar-refractivity contribution is 5.65. The van der Waals surface area contributed by atoms with Crippen LogP contribution < -0.4 is 10.1 Å². The molecule has 0 amide bonds. The minimum atomic E-state index is -0.673. The number of ether oxygens (including phenoxy) is 5. The summed E-state index contributed by atoms with van der Waals surface area (Å²) in [6.45, 7) is 6.36. The number of nitro groups is 2. The minimum Gasteiger partial charge on any atom is -0.491 e. The number of non-ortho nitro benzene ring substituents is 1. The fourth-order valence-electron chi connectivity index (χ4n) is 4.03. The van der Waals surface area contributed by atoms with Crippen LogP contribution in [0.1, 0.15) is 51.0 Å². The Hall–Kier alpha value is -3.32. The van der Waals surface area contributed by atoms with Crippen LogP contribution in [-0.2, 0) is 25.4 Å². The van der Waals surface area contributed by atoms with Gasteiger partial charge in [0.1, 0.15) is 18.0 Å². The van der Waals surface area contributed by atoms with E-state index in [1.165, 1.54) is 56.2 Å². The van der Waals surface area contributed by atoms with Crippen molar-refractivity contribution >= 4 is 17.1 Å². The van der Waals surface area contributed by atoms with Gasteiger partial charge in [-0.1, -0.05) is 51.2 Å². The first-order valence-corrected chi connectivity index (χ1v) is 14.7. The standard InChI is InChI=1S/C30H45N3O9/c1-2-3-4-5-6-7-8-26-9-12-28(13-10-26)42-24-23-41-22-21-40-20-19-39-18-17-38-16-15-31-29-14-11-27(32(34)35)25-30(29)33(36)37/h9-14,25,31H,2-8,15-24H2,1H3. The maximum atomic E-state index is 11.1. The average Bonchev–Trinajstić information content (AvgIpc) is 2.99. The van der Waals surface area contributed by atoms with Crippen LogP contribution in [0, 0.1) is 20.2 Å². The summed E-state index contributed by atoms with van der Waals surface area (Å²) in [6, 6.07) is 11.8. The average molecular weight is 592 g/mol. The van der Waals surface area contributed by atoms with Crippen LogP contribution in [0.25, 0.3) is 0 Å². The highest BCUT2D eigenvalue weighted by Crippen LogP contribution is 2.28. The fourth-order valence-corrected chi connectivity index (χ4v) is 4.03. The van der Waals surface area contributed by atoms with E-state index in [4.69, 9.17) is 23.7 Å². The molecular weight excluding hydrogens is 546 g/mol. The van der Waals surface area contributed by atoms with Crippen molar-refractivity contribution in [1.82, 2.24) is 0 Å². The van der Waals surface area contributed by atoms with Crippen LogP contribution in [0.5, 0.6) is 5.75 Å². The molecule has 0 aliphatic carbocycles. The maximum Gasteiger partial charge on any atom is 0.299 e. The fraction of sp³-hybridized carbons (Fsp3) is 0.600. The second kappa shape index (κ2) is 22.3. The van der Waals surface area contributed by atoms with Gasteiger partial charge in [0.15, 0.2) is 0 Å². The van der Waals surface area contributed by atoms with Crippen LogP contribution in [0.3, 0.4) is 0 Å². The molecule has 2 aromatic rings. The molecule has 0 spiro atoms. The van der Waals surface area contributed by atoms with Crippen molar-refractivity contribution in [2.45, 2.75) is 51.9 Å². The second-order valence-electron chi connectivity index (χ2n) is 9.60. The maximum absolute atomic E-state index is 11.1. The molecule has 0 aromatic heterocycles. The molecule has 0 saturated heterocycles. The smallest absolute Gasteiger partial charge is 0.299 e. The lowest BCUT2D eigenvalue weighted by molar-refractivity contribution is -0.393. The molecule has 2 rings (SSSR count). The molecule has 0 fully saturated rings. The van der Waals surface area contributed by atoms with Crippen molar-refractivity contribution in [3.63, 3.8) is 0 Å². The quantitative estimate of drug-likeness (QED) is 0.0790. The molecule has 0 aliphatic heterocycles. The predicted molar refractivity (Wildman–Crippen MR) is 161 cm³/mol. The highest BCUT2D eigenvalue weighted by Gasteiger charge is 2.19. The topological polar surface area (TPSA) is 144 Å². The van der Waals surface area contributed by atoms with Gasteiger partial charge >= 0.3 is 0 Å². The van der Waals surface area contributed by atoms with Crippen LogP contribution in [-0.4, -0.2) is 75.9 Å². The number of anilines is 1. The second-order valence-corrected chi connectivity index (χ2v) is 9.60. The van der Waals surface area contributed by atoms with Gasteiger partial charge in [0, 0.05) is 12.6 Å². The Morgan fingerprint density at radius 2 is 1.24 bits per heavy atom. The molecule has 0 aliphatic rings. The molecule has 2 aromatic carbocycles. The largest absolute Gasteiger partial charge is 0.491 e. The number of hydrogen-bond acceptors (Lipinski definition) is 10. The number of benzene rings is 2. The Kier molecular flexibility index (Phi) is 18.5. The summed E-state index contributed by atoms with van der Waals surface area (Å²) in [5.74, 6) is 0.854. The summed E-state index contributed by atoms with van der Waals surface area (Å²) in [5.41, 5.74) is 0.859. The van der Waals surface area contributed by atoms with Crippen molar-refractivity contribution in [1.29, 1.82) is 0 Å². The summed E-state index contributed by atoms with van der Waals surface area (Å²) in [6.07, 6.45) is 8.97. The zero-order valence-corrected chi connectivity index (χ0v) is 24.6. The third kappa shape index (κ3) is 15.6. The third-order valence-electron chi connectivity index (χ3n) is 6.31. The van der Waals surface area contributed by atoms with Gasteiger partial charge in [0.2, 0.25) is 0 Å². The van der Waals surface area contributed by atoms with Crippen LogP contribution in [0.2, 0.25) is 0 Å². The van der Waals surface area contributed by atoms with Gasteiger partial charge in [-0.05, 0) is 36.6 Å². The van der Waals surface area contributed by atoms with Gasteiger partial charge in [-0.2, -0.15) is 0 Å². The van der Waals surface area contributed by atoms with Gasteiger partial charge in [-0.3, -0.25) is 20.2 Å². The van der Waals surface area contributed by atoms with Gasteiger partial charge in [-0.15, -0.1) is 0 Å². The van der Waals surface area contributed by atoms with E-state index in [1.807, 2.05) is 12.1 Å². The molecule has 1 N–H and O–H groups in total. The van der Waals surface area contributed by atoms with E-state index in [-0.39, 0.29) is 17.1 Å². The third-order valence-corrected chi connectivity index (χ3v) is 6.31. The lowest BCUT2D eigenvalue weighted by Crippen LogP contribution is -2.15. The summed E-state index contributed by atoms with van der Waals surface area (Å²) >= 11 is 0. The van der Waals surface area contributed by atoms with Crippen molar-refractivity contribution in [2.24, 2.45) is 0 Å². The first kappa shape index (κ1) is 34.9. The van der Waals surface area contributed by atoms with Crippen LogP contribution in [0.4, 0.5) is 17.1 Å². The molecule has 0 atom stereocenters. The van der Waals surface area contributed by atoms with Crippen LogP contribution in [0.15, 0.2) is 42.5 Å². The molecule has 0 radical (unpaired) electrons. The number of nitrogens with one attached hydrogen (secondary N) is 1. The Morgan fingerprint density at radius 1 is 0.667 bits per heavy atom. The van der Waals surface area contributed by atoms with E-state index < -0.39 is 9.85 Å². The molecular formula is C30H45N3O9. The van der Waals surface area contributed by atoms with Crippen molar-refractivity contribution < 1.29 is 33.5 Å². The number of nitrogens with zero attached hydrogens (tertiary/aromatic N) is 2. The highest BCUT2D eigenvalue weighted by atomic mass is 16.6. The monoisotopic (exact) mass is 591 g/mol. The van der Waals surface area contributed by atoms with E-state index in [1.54, 1.807) is 0 Å². The molecule has 0 saturated carbocycles. The van der Waals surface area contributed by atoms with Crippen molar-refractivity contribution in [3.05, 3.63) is 68.3 Å². The van der Waals surface area contributed by atoms with Crippen molar-refractivity contribution in [3.8, 4) is 5.75 Å². The van der Waals surface area contributed by atoms with Gasteiger partial charge < -0.3 is 29.0 Å². The lowest BCUT2D eigenvalue weighted by atomic mass is 10.0. The normalized spacial score (nSPS) is 11.0. The van der Waals surface area contributed by atoms with E-state index in [9.17, 15) is 20.2 Å². The van der Waals surface area contributed by atoms with Crippen LogP contribution >= 0.6 is 0 Å². The predicted octanol–water partition coefficient (Wildman–Crippen LogP) is 5.96. The first-order valence-electron chi connectivity index (χ1n) is 14.7. The summed E-state index contributed by atoms with van der Waals surface area (Å²) in [4.78, 5) is 20.6. The Labute approximate surface area is 247 Å². The van der Waals surface area contributed by atoms with Gasteiger partial charge in [0.25, 0.3) is 11.4 Å². The molecule has 42 heavy (non-hydrogen) atoms. The molecule has 12 nitrogen and oxygen atoms in total. The molecule has 0 heterocycles. The first-order chi connectivity index (χ1) is 20.5. The Morgan fingerprint density at radius 3 is 1.83 bits per heavy atom. The number of unbranched alkanes of at least 4 members (excludes halogenated alkanes) is 5. The zero-order chi connectivity index (χ0) is 30.3. The number of nitro benzene ring substituents is 2. The van der Waals surface area contributed by atoms with Gasteiger partial charge in [-0.25, -0.2) is 0 Å².